The van der Waals surface area contributed by atoms with Crippen molar-refractivity contribution in [3.8, 4) is 17.2 Å². The number of hydrogen-bond acceptors (Lipinski definition) is 7. The summed E-state index contributed by atoms with van der Waals surface area (Å²) in [7, 11) is 0. The van der Waals surface area contributed by atoms with Gasteiger partial charge in [0.25, 0.3) is 5.56 Å². The molecule has 8 nitrogen and oxygen atoms in total. The number of aliphatic hydroxyl groups excluding tert-OH is 1. The van der Waals surface area contributed by atoms with Gasteiger partial charge < -0.3 is 29.6 Å². The highest BCUT2D eigenvalue weighted by molar-refractivity contribution is 5.80. The molecule has 0 saturated carbocycles. The molecule has 3 rings (SSSR count). The minimum absolute atomic E-state index is 0.0686. The lowest BCUT2D eigenvalue weighted by atomic mass is 10.2. The lowest BCUT2D eigenvalue weighted by Crippen LogP contribution is -2.33. The van der Waals surface area contributed by atoms with Crippen LogP contribution >= 0.6 is 0 Å². The van der Waals surface area contributed by atoms with E-state index in [1.54, 1.807) is 25.1 Å². The van der Waals surface area contributed by atoms with Gasteiger partial charge in [0, 0.05) is 13.1 Å². The van der Waals surface area contributed by atoms with E-state index < -0.39 is 6.10 Å². The fourth-order valence-electron chi connectivity index (χ4n) is 2.95. The van der Waals surface area contributed by atoms with Gasteiger partial charge in [0.1, 0.15) is 36.3 Å². The highest BCUT2D eigenvalue weighted by Crippen LogP contribution is 2.27. The number of aromatic nitrogens is 2. The molecule has 0 aliphatic heterocycles. The minimum Gasteiger partial charge on any atom is -0.488 e. The molecule has 0 radical (unpaired) electrons. The van der Waals surface area contributed by atoms with Crippen LogP contribution in [0.2, 0.25) is 0 Å². The standard InChI is InChI=1S/C23H29N3O5/c1-15(2)31-20-9-5-4-8-19(20)29-12-11-24-13-17(27)14-30-21-10-6-7-18-22(21)25-16(3)23(28)26-18/h4-10,15,17,24,27H,11-14H2,1-3H3,(H,26,28). The van der Waals surface area contributed by atoms with Gasteiger partial charge in [0.15, 0.2) is 11.5 Å². The average molecular weight is 428 g/mol. The van der Waals surface area contributed by atoms with Crippen LogP contribution in [0.4, 0.5) is 0 Å². The summed E-state index contributed by atoms with van der Waals surface area (Å²) >= 11 is 0. The second kappa shape index (κ2) is 10.8. The van der Waals surface area contributed by atoms with E-state index in [4.69, 9.17) is 14.2 Å². The predicted molar refractivity (Wildman–Crippen MR) is 119 cm³/mol. The molecule has 8 heteroatoms. The van der Waals surface area contributed by atoms with E-state index in [-0.39, 0.29) is 18.3 Å². The first-order valence-corrected chi connectivity index (χ1v) is 10.3. The topological polar surface area (TPSA) is 106 Å². The van der Waals surface area contributed by atoms with Gasteiger partial charge in [-0.1, -0.05) is 18.2 Å². The van der Waals surface area contributed by atoms with Crippen LogP contribution in [0, 0.1) is 6.92 Å². The van der Waals surface area contributed by atoms with Gasteiger partial charge in [0.05, 0.1) is 11.6 Å². The van der Waals surface area contributed by atoms with E-state index in [9.17, 15) is 9.90 Å². The summed E-state index contributed by atoms with van der Waals surface area (Å²) in [4.78, 5) is 18.8. The van der Waals surface area contributed by atoms with Crippen molar-refractivity contribution < 1.29 is 19.3 Å². The predicted octanol–water partition coefficient (Wildman–Crippen LogP) is 2.43. The quantitative estimate of drug-likeness (QED) is 0.404. The molecule has 0 amide bonds. The summed E-state index contributed by atoms with van der Waals surface area (Å²) in [6, 6.07) is 12.8. The van der Waals surface area contributed by atoms with E-state index in [2.05, 4.69) is 15.3 Å². The molecular weight excluding hydrogens is 398 g/mol. The van der Waals surface area contributed by atoms with Crippen molar-refractivity contribution in [1.29, 1.82) is 0 Å². The molecule has 2 aromatic carbocycles. The Morgan fingerprint density at radius 2 is 1.81 bits per heavy atom. The van der Waals surface area contributed by atoms with Crippen LogP contribution < -0.4 is 25.1 Å². The molecular formula is C23H29N3O5. The number of aryl methyl sites for hydroxylation is 1. The van der Waals surface area contributed by atoms with Crippen molar-refractivity contribution in [3.63, 3.8) is 0 Å². The number of fused-ring (bicyclic) bond motifs is 1. The molecule has 0 bridgehead atoms. The first kappa shape index (κ1) is 22.6. The molecule has 0 spiro atoms. The Hall–Kier alpha value is -3.10. The van der Waals surface area contributed by atoms with Gasteiger partial charge in [-0.25, -0.2) is 4.98 Å². The molecule has 0 saturated heterocycles. The molecule has 1 heterocycles. The van der Waals surface area contributed by atoms with E-state index in [0.717, 1.165) is 0 Å². The first-order chi connectivity index (χ1) is 14.9. The number of H-pyrrole nitrogens is 1. The Labute approximate surface area is 181 Å². The van der Waals surface area contributed by atoms with Gasteiger partial charge in [-0.15, -0.1) is 0 Å². The summed E-state index contributed by atoms with van der Waals surface area (Å²) in [6.07, 6.45) is -0.644. The second-order valence-corrected chi connectivity index (χ2v) is 7.43. The Morgan fingerprint density at radius 3 is 2.58 bits per heavy atom. The zero-order valence-corrected chi connectivity index (χ0v) is 18.1. The number of hydrogen-bond donors (Lipinski definition) is 3. The molecule has 0 fully saturated rings. The van der Waals surface area contributed by atoms with Crippen molar-refractivity contribution in [1.82, 2.24) is 15.3 Å². The molecule has 3 N–H and O–H groups in total. The number of ether oxygens (including phenoxy) is 3. The van der Waals surface area contributed by atoms with Gasteiger partial charge in [-0.2, -0.15) is 0 Å². The number of aromatic amines is 1. The van der Waals surface area contributed by atoms with E-state index in [0.29, 0.717) is 53.7 Å². The molecule has 166 valence electrons. The van der Waals surface area contributed by atoms with Gasteiger partial charge in [-0.05, 0) is 45.0 Å². The molecule has 3 aromatic rings. The van der Waals surface area contributed by atoms with E-state index in [1.807, 2.05) is 38.1 Å². The van der Waals surface area contributed by atoms with Crippen LogP contribution in [0.5, 0.6) is 17.2 Å². The summed E-state index contributed by atoms with van der Waals surface area (Å²) in [5, 5.41) is 13.4. The number of aliphatic hydroxyl groups is 1. The van der Waals surface area contributed by atoms with Crippen LogP contribution in [0.1, 0.15) is 19.5 Å². The third-order valence-corrected chi connectivity index (χ3v) is 4.41. The maximum atomic E-state index is 11.7. The van der Waals surface area contributed by atoms with Gasteiger partial charge >= 0.3 is 0 Å². The zero-order chi connectivity index (χ0) is 22.2. The van der Waals surface area contributed by atoms with E-state index in [1.165, 1.54) is 0 Å². The minimum atomic E-state index is -0.712. The Kier molecular flexibility index (Phi) is 7.86. The van der Waals surface area contributed by atoms with Crippen molar-refractivity contribution in [2.45, 2.75) is 33.0 Å². The van der Waals surface area contributed by atoms with Crippen molar-refractivity contribution >= 4 is 11.0 Å². The molecule has 1 unspecified atom stereocenters. The first-order valence-electron chi connectivity index (χ1n) is 10.3. The normalized spacial score (nSPS) is 12.2. The number of rotatable bonds is 11. The second-order valence-electron chi connectivity index (χ2n) is 7.43. The van der Waals surface area contributed by atoms with Crippen molar-refractivity contribution in [2.24, 2.45) is 0 Å². The third kappa shape index (κ3) is 6.44. The van der Waals surface area contributed by atoms with Crippen molar-refractivity contribution in [2.75, 3.05) is 26.3 Å². The maximum Gasteiger partial charge on any atom is 0.269 e. The summed E-state index contributed by atoms with van der Waals surface area (Å²) in [5.41, 5.74) is 1.30. The Bertz CT molecular complexity index is 1050. The smallest absolute Gasteiger partial charge is 0.269 e. The fourth-order valence-corrected chi connectivity index (χ4v) is 2.95. The SMILES string of the molecule is Cc1nc2c(OCC(O)CNCCOc3ccccc3OC(C)C)cccc2[nH]c1=O. The van der Waals surface area contributed by atoms with E-state index >= 15 is 0 Å². The van der Waals surface area contributed by atoms with Crippen molar-refractivity contribution in [3.05, 3.63) is 58.5 Å². The van der Waals surface area contributed by atoms with Crippen LogP contribution in [-0.2, 0) is 0 Å². The number of nitrogens with zero attached hydrogens (tertiary/aromatic N) is 1. The third-order valence-electron chi connectivity index (χ3n) is 4.41. The van der Waals surface area contributed by atoms with Gasteiger partial charge in [0.2, 0.25) is 0 Å². The Morgan fingerprint density at radius 1 is 1.06 bits per heavy atom. The summed E-state index contributed by atoms with van der Waals surface area (Å²) in [5.74, 6) is 1.92. The van der Waals surface area contributed by atoms with Crippen LogP contribution in [0.25, 0.3) is 11.0 Å². The average Bonchev–Trinajstić information content (AvgIpc) is 2.73. The molecule has 1 atom stereocenters. The highest BCUT2D eigenvalue weighted by atomic mass is 16.5. The largest absolute Gasteiger partial charge is 0.488 e. The molecule has 31 heavy (non-hydrogen) atoms. The number of para-hydroxylation sites is 3. The Balaban J connectivity index is 1.43. The molecule has 0 aliphatic rings. The number of benzene rings is 2. The molecule has 0 aliphatic carbocycles. The van der Waals surface area contributed by atoms with Crippen LogP contribution in [-0.4, -0.2) is 53.6 Å². The van der Waals surface area contributed by atoms with Crippen LogP contribution in [0.3, 0.4) is 0 Å². The number of nitrogens with one attached hydrogen (secondary N) is 2. The highest BCUT2D eigenvalue weighted by Gasteiger charge is 2.10. The van der Waals surface area contributed by atoms with Crippen LogP contribution in [0.15, 0.2) is 47.3 Å². The lowest BCUT2D eigenvalue weighted by Gasteiger charge is -2.16. The lowest BCUT2D eigenvalue weighted by molar-refractivity contribution is 0.106. The monoisotopic (exact) mass is 427 g/mol. The fraction of sp³-hybridized carbons (Fsp3) is 0.391. The maximum absolute atomic E-state index is 11.7. The zero-order valence-electron chi connectivity index (χ0n) is 18.1. The molecule has 1 aromatic heterocycles. The van der Waals surface area contributed by atoms with Gasteiger partial charge in [-0.3, -0.25) is 4.79 Å². The summed E-state index contributed by atoms with van der Waals surface area (Å²) in [6.45, 7) is 7.02. The summed E-state index contributed by atoms with van der Waals surface area (Å²) < 4.78 is 17.2.